The van der Waals surface area contributed by atoms with Gasteiger partial charge in [0.25, 0.3) is 5.91 Å². The number of ketones is 1. The normalized spacial score (nSPS) is 24.4. The average molecular weight is 561 g/mol. The van der Waals surface area contributed by atoms with Gasteiger partial charge in [-0.15, -0.1) is 0 Å². The summed E-state index contributed by atoms with van der Waals surface area (Å²) in [5.41, 5.74) is 4.91. The first-order valence-electron chi connectivity index (χ1n) is 13.2. The molecule has 1 aliphatic heterocycles. The lowest BCUT2D eigenvalue weighted by atomic mass is 9.97. The highest BCUT2D eigenvalue weighted by molar-refractivity contribution is 6.05. The van der Waals surface area contributed by atoms with Gasteiger partial charge in [0.05, 0.1) is 6.61 Å². The van der Waals surface area contributed by atoms with E-state index in [0.717, 1.165) is 25.5 Å². The Morgan fingerprint density at radius 3 is 2.41 bits per heavy atom. The van der Waals surface area contributed by atoms with Crippen LogP contribution >= 0.6 is 0 Å². The summed E-state index contributed by atoms with van der Waals surface area (Å²) in [6.07, 6.45) is -2.47. The van der Waals surface area contributed by atoms with Gasteiger partial charge in [-0.05, 0) is 40.0 Å². The Labute approximate surface area is 229 Å². The highest BCUT2D eigenvalue weighted by Crippen LogP contribution is 2.24. The lowest BCUT2D eigenvalue weighted by molar-refractivity contribution is -0.120. The number of unbranched alkanes of at least 4 members (excludes halogenated alkanes) is 2. The number of rotatable bonds is 15. The molecule has 224 valence electrons. The molecule has 0 aromatic heterocycles. The van der Waals surface area contributed by atoms with Crippen molar-refractivity contribution < 1.29 is 43.2 Å². The summed E-state index contributed by atoms with van der Waals surface area (Å²) in [6.45, 7) is 8.13. The number of hydrogen-bond donors (Lipinski definition) is 4. The van der Waals surface area contributed by atoms with E-state index in [0.29, 0.717) is 12.8 Å². The smallest absolute Gasteiger partial charge is 0.408 e. The molecule has 1 fully saturated rings. The molecule has 7 unspecified atom stereocenters. The Hall–Kier alpha value is -2.48. The van der Waals surface area contributed by atoms with Crippen LogP contribution in [-0.2, 0) is 23.8 Å². The fourth-order valence-corrected chi connectivity index (χ4v) is 4.07. The molecule has 0 radical (unpaired) electrons. The minimum atomic E-state index is -2.06. The SMILES string of the molecule is COC1C(N=CC(F)C(N)=NC(=O)C(CCCCCC(C)CC(C)=O)NC(=O)OC(C)(C)C)OC(CO)C1O. The average Bonchev–Trinajstić information content (AvgIpc) is 3.13. The Kier molecular flexibility index (Phi) is 14.7. The van der Waals surface area contributed by atoms with Crippen molar-refractivity contribution in [2.24, 2.45) is 21.6 Å². The lowest BCUT2D eigenvalue weighted by Crippen LogP contribution is -2.44. The Morgan fingerprint density at radius 2 is 1.85 bits per heavy atom. The third kappa shape index (κ3) is 12.9. The number of carbonyl (C=O) groups is 3. The summed E-state index contributed by atoms with van der Waals surface area (Å²) < 4.78 is 30.4. The highest BCUT2D eigenvalue weighted by Gasteiger charge is 2.43. The van der Waals surface area contributed by atoms with E-state index in [1.54, 1.807) is 27.7 Å². The molecule has 39 heavy (non-hydrogen) atoms. The van der Waals surface area contributed by atoms with Crippen LogP contribution in [0.5, 0.6) is 0 Å². The zero-order valence-electron chi connectivity index (χ0n) is 23.8. The van der Waals surface area contributed by atoms with Crippen LogP contribution in [0.25, 0.3) is 0 Å². The van der Waals surface area contributed by atoms with E-state index < -0.39 is 66.8 Å². The number of hydrogen-bond acceptors (Lipinski definition) is 9. The summed E-state index contributed by atoms with van der Waals surface area (Å²) in [7, 11) is 1.31. The van der Waals surface area contributed by atoms with Gasteiger partial charge in [-0.1, -0.05) is 32.6 Å². The number of alkyl carbamates (subject to hydrolysis) is 1. The van der Waals surface area contributed by atoms with Crippen LogP contribution in [0.3, 0.4) is 0 Å². The van der Waals surface area contributed by atoms with Gasteiger partial charge in [0.2, 0.25) is 0 Å². The van der Waals surface area contributed by atoms with Gasteiger partial charge in [0.15, 0.2) is 12.4 Å². The third-order valence-corrected chi connectivity index (χ3v) is 5.97. The maximum Gasteiger partial charge on any atom is 0.408 e. The summed E-state index contributed by atoms with van der Waals surface area (Å²) in [6, 6.07) is -1.09. The van der Waals surface area contributed by atoms with Crippen LogP contribution in [-0.4, -0.2) is 96.1 Å². The van der Waals surface area contributed by atoms with Gasteiger partial charge >= 0.3 is 6.09 Å². The molecule has 0 aromatic rings. The van der Waals surface area contributed by atoms with Gasteiger partial charge in [0, 0.05) is 19.7 Å². The summed E-state index contributed by atoms with van der Waals surface area (Å²) in [5, 5.41) is 21.8. The van der Waals surface area contributed by atoms with Gasteiger partial charge in [-0.25, -0.2) is 9.18 Å². The number of halogens is 1. The minimum absolute atomic E-state index is 0.141. The number of aliphatic imine (C=N–C) groups is 2. The van der Waals surface area contributed by atoms with Crippen molar-refractivity contribution in [3.8, 4) is 0 Å². The van der Waals surface area contributed by atoms with Crippen molar-refractivity contribution in [1.82, 2.24) is 5.32 Å². The number of ether oxygens (including phenoxy) is 3. The zero-order valence-corrected chi connectivity index (χ0v) is 23.8. The topological polar surface area (TPSA) is 182 Å². The van der Waals surface area contributed by atoms with Crippen LogP contribution in [0.2, 0.25) is 0 Å². The molecular weight excluding hydrogens is 515 g/mol. The summed E-state index contributed by atoms with van der Waals surface area (Å²) >= 11 is 0. The van der Waals surface area contributed by atoms with Crippen molar-refractivity contribution in [2.45, 2.75) is 115 Å². The predicted molar refractivity (Wildman–Crippen MR) is 143 cm³/mol. The van der Waals surface area contributed by atoms with Gasteiger partial charge in [-0.3, -0.25) is 9.79 Å². The maximum atomic E-state index is 14.7. The number of aliphatic hydroxyl groups excluding tert-OH is 2. The highest BCUT2D eigenvalue weighted by atomic mass is 19.1. The van der Waals surface area contributed by atoms with Crippen LogP contribution in [0.1, 0.15) is 73.1 Å². The Balaban J connectivity index is 2.83. The first kappa shape index (κ1) is 34.5. The molecule has 0 bridgehead atoms. The van der Waals surface area contributed by atoms with Crippen molar-refractivity contribution in [3.05, 3.63) is 0 Å². The molecule has 13 heteroatoms. The quantitative estimate of drug-likeness (QED) is 0.132. The fourth-order valence-electron chi connectivity index (χ4n) is 4.07. The maximum absolute atomic E-state index is 14.7. The molecule has 5 N–H and O–H groups in total. The fraction of sp³-hybridized carbons (Fsp3) is 0.808. The summed E-state index contributed by atoms with van der Waals surface area (Å²) in [4.78, 5) is 43.9. The third-order valence-electron chi connectivity index (χ3n) is 5.97. The molecule has 0 aromatic carbocycles. The van der Waals surface area contributed by atoms with E-state index in [2.05, 4.69) is 15.3 Å². The molecule has 12 nitrogen and oxygen atoms in total. The Morgan fingerprint density at radius 1 is 1.21 bits per heavy atom. The molecule has 0 aliphatic carbocycles. The van der Waals surface area contributed by atoms with Crippen LogP contribution in [0, 0.1) is 5.92 Å². The van der Waals surface area contributed by atoms with E-state index in [4.69, 9.17) is 19.9 Å². The van der Waals surface area contributed by atoms with Crippen molar-refractivity contribution >= 4 is 29.8 Å². The number of Topliss-reactive ketones (excluding diaryl/α,β-unsaturated/α-hetero) is 1. The number of nitrogens with one attached hydrogen (secondary N) is 1. The number of carbonyl (C=O) groups excluding carboxylic acids is 3. The minimum Gasteiger partial charge on any atom is -0.444 e. The number of methoxy groups -OCH3 is 1. The second-order valence-corrected chi connectivity index (χ2v) is 10.9. The lowest BCUT2D eigenvalue weighted by Gasteiger charge is -2.22. The van der Waals surface area contributed by atoms with Crippen LogP contribution in [0.15, 0.2) is 9.98 Å². The number of amides is 2. The van der Waals surface area contributed by atoms with E-state index in [1.807, 2.05) is 6.92 Å². The molecule has 0 saturated carbocycles. The van der Waals surface area contributed by atoms with E-state index >= 15 is 0 Å². The first-order chi connectivity index (χ1) is 18.2. The molecule has 1 saturated heterocycles. The molecule has 1 heterocycles. The van der Waals surface area contributed by atoms with Crippen molar-refractivity contribution in [2.75, 3.05) is 13.7 Å². The van der Waals surface area contributed by atoms with E-state index in [1.165, 1.54) is 7.11 Å². The second-order valence-electron chi connectivity index (χ2n) is 10.9. The largest absolute Gasteiger partial charge is 0.444 e. The van der Waals surface area contributed by atoms with E-state index in [-0.39, 0.29) is 18.1 Å². The monoisotopic (exact) mass is 560 g/mol. The van der Waals surface area contributed by atoms with Crippen molar-refractivity contribution in [1.29, 1.82) is 0 Å². The number of nitrogens with two attached hydrogens (primary N) is 1. The zero-order chi connectivity index (χ0) is 29.8. The molecular formula is C26H45FN4O8. The first-order valence-corrected chi connectivity index (χ1v) is 13.2. The van der Waals surface area contributed by atoms with Crippen LogP contribution in [0.4, 0.5) is 9.18 Å². The van der Waals surface area contributed by atoms with Gasteiger partial charge in [0.1, 0.15) is 41.6 Å². The Bertz CT molecular complexity index is 863. The number of nitrogens with zero attached hydrogens (tertiary/aromatic N) is 2. The standard InChI is InChI=1S/C26H45FN4O8/c1-15(12-16(2)33)10-8-7-9-11-18(30-25(36)39-26(3,4)5)23(35)31-22(28)17(27)13-29-24-21(37-6)20(34)19(14-32)38-24/h13,15,17-21,24,32,34H,7-12,14H2,1-6H3,(H,30,36)(H2,28,31,35). The molecule has 1 aliphatic rings. The van der Waals surface area contributed by atoms with Crippen LogP contribution < -0.4 is 11.1 Å². The van der Waals surface area contributed by atoms with E-state index in [9.17, 15) is 29.0 Å². The molecule has 1 rings (SSSR count). The number of alkyl halides is 1. The number of aliphatic hydroxyl groups is 2. The predicted octanol–water partition coefficient (Wildman–Crippen LogP) is 1.83. The second kappa shape index (κ2) is 16.6. The molecule has 7 atom stereocenters. The van der Waals surface area contributed by atoms with Crippen molar-refractivity contribution in [3.63, 3.8) is 0 Å². The summed E-state index contributed by atoms with van der Waals surface area (Å²) in [5.74, 6) is -1.12. The molecule has 2 amide bonds. The number of amidine groups is 1. The molecule has 0 spiro atoms. The van der Waals surface area contributed by atoms with Gasteiger partial charge < -0.3 is 40.3 Å². The van der Waals surface area contributed by atoms with Gasteiger partial charge in [-0.2, -0.15) is 4.99 Å².